The van der Waals surface area contributed by atoms with Gasteiger partial charge in [0.25, 0.3) is 0 Å². The zero-order valence-corrected chi connectivity index (χ0v) is 9.28. The molecule has 0 fully saturated rings. The molecule has 92 valence electrons. The Hall–Kier alpha value is -2.70. The quantitative estimate of drug-likeness (QED) is 0.656. The molecular formula is C11H8N2O5. The minimum atomic E-state index is -1.18. The number of nitro groups is 1. The minimum absolute atomic E-state index is 0.109. The second kappa shape index (κ2) is 4.28. The van der Waals surface area contributed by atoms with Gasteiger partial charge in [-0.2, -0.15) is 0 Å². The number of aromatic carboxylic acids is 1. The van der Waals surface area contributed by atoms with E-state index in [0.717, 1.165) is 0 Å². The maximum absolute atomic E-state index is 11.0. The minimum Gasteiger partial charge on any atom is -0.490 e. The molecule has 7 heteroatoms. The van der Waals surface area contributed by atoms with E-state index in [2.05, 4.69) is 4.98 Å². The van der Waals surface area contributed by atoms with Crippen LogP contribution in [0.1, 0.15) is 10.5 Å². The van der Waals surface area contributed by atoms with Crippen molar-refractivity contribution < 1.29 is 19.6 Å². The molecule has 0 saturated carbocycles. The Morgan fingerprint density at radius 3 is 2.67 bits per heavy atom. The third kappa shape index (κ3) is 1.81. The molecule has 0 atom stereocenters. The molecule has 0 unspecified atom stereocenters. The SMILES string of the molecule is COc1ccc2nc(C(=O)O)ccc2c1[N+](=O)[O-]. The first kappa shape index (κ1) is 11.8. The number of benzene rings is 1. The van der Waals surface area contributed by atoms with Crippen LogP contribution in [0.4, 0.5) is 5.69 Å². The third-order valence-electron chi connectivity index (χ3n) is 2.43. The van der Waals surface area contributed by atoms with E-state index in [1.807, 2.05) is 0 Å². The number of hydrogen-bond donors (Lipinski definition) is 1. The van der Waals surface area contributed by atoms with Crippen molar-refractivity contribution in [1.82, 2.24) is 4.98 Å². The van der Waals surface area contributed by atoms with E-state index in [0.29, 0.717) is 0 Å². The molecule has 0 spiro atoms. The summed E-state index contributed by atoms with van der Waals surface area (Å²) in [5, 5.41) is 20.0. The molecule has 1 aromatic carbocycles. The van der Waals surface area contributed by atoms with Crippen molar-refractivity contribution in [3.05, 3.63) is 40.1 Å². The molecule has 0 radical (unpaired) electrons. The molecule has 2 aromatic rings. The van der Waals surface area contributed by atoms with Crippen molar-refractivity contribution in [3.8, 4) is 5.75 Å². The lowest BCUT2D eigenvalue weighted by atomic mass is 10.1. The number of carboxylic acid groups (broad SMARTS) is 1. The van der Waals surface area contributed by atoms with Crippen LogP contribution < -0.4 is 4.74 Å². The lowest BCUT2D eigenvalue weighted by molar-refractivity contribution is -0.383. The van der Waals surface area contributed by atoms with Gasteiger partial charge in [-0.25, -0.2) is 9.78 Å². The number of carbonyl (C=O) groups is 1. The van der Waals surface area contributed by atoms with Gasteiger partial charge in [0.2, 0.25) is 0 Å². The fourth-order valence-corrected chi connectivity index (χ4v) is 1.64. The van der Waals surface area contributed by atoms with E-state index in [9.17, 15) is 14.9 Å². The average Bonchev–Trinajstić information content (AvgIpc) is 2.36. The van der Waals surface area contributed by atoms with Crippen molar-refractivity contribution >= 4 is 22.6 Å². The first-order chi connectivity index (χ1) is 8.54. The second-order valence-corrected chi connectivity index (χ2v) is 3.44. The highest BCUT2D eigenvalue weighted by Crippen LogP contribution is 2.34. The van der Waals surface area contributed by atoms with Gasteiger partial charge in [0.1, 0.15) is 5.69 Å². The second-order valence-electron chi connectivity index (χ2n) is 3.44. The average molecular weight is 248 g/mol. The van der Waals surface area contributed by atoms with Crippen molar-refractivity contribution in [2.24, 2.45) is 0 Å². The highest BCUT2D eigenvalue weighted by Gasteiger charge is 2.20. The van der Waals surface area contributed by atoms with Crippen LogP contribution in [0.25, 0.3) is 10.9 Å². The molecule has 0 aliphatic carbocycles. The number of nitrogens with zero attached hydrogens (tertiary/aromatic N) is 2. The van der Waals surface area contributed by atoms with Gasteiger partial charge >= 0.3 is 11.7 Å². The molecule has 1 aromatic heterocycles. The summed E-state index contributed by atoms with van der Waals surface area (Å²) >= 11 is 0. The molecule has 0 amide bonds. The van der Waals surface area contributed by atoms with Gasteiger partial charge in [0, 0.05) is 0 Å². The third-order valence-corrected chi connectivity index (χ3v) is 2.43. The van der Waals surface area contributed by atoms with Gasteiger partial charge < -0.3 is 9.84 Å². The summed E-state index contributed by atoms with van der Waals surface area (Å²) in [6.07, 6.45) is 0. The van der Waals surface area contributed by atoms with Gasteiger partial charge in [-0.1, -0.05) is 0 Å². The lowest BCUT2D eigenvalue weighted by Gasteiger charge is -2.05. The maximum atomic E-state index is 11.0. The van der Waals surface area contributed by atoms with Crippen LogP contribution in [-0.2, 0) is 0 Å². The molecule has 18 heavy (non-hydrogen) atoms. The molecule has 0 aliphatic heterocycles. The number of methoxy groups -OCH3 is 1. The normalized spacial score (nSPS) is 10.3. The molecule has 7 nitrogen and oxygen atoms in total. The molecule has 2 rings (SSSR count). The predicted molar refractivity (Wildman–Crippen MR) is 61.9 cm³/mol. The molecular weight excluding hydrogens is 240 g/mol. The maximum Gasteiger partial charge on any atom is 0.354 e. The van der Waals surface area contributed by atoms with E-state index in [4.69, 9.17) is 9.84 Å². The number of hydrogen-bond acceptors (Lipinski definition) is 5. The van der Waals surface area contributed by atoms with Gasteiger partial charge in [0.05, 0.1) is 22.9 Å². The number of pyridine rings is 1. The first-order valence-electron chi connectivity index (χ1n) is 4.90. The Morgan fingerprint density at radius 2 is 2.11 bits per heavy atom. The van der Waals surface area contributed by atoms with E-state index in [1.54, 1.807) is 0 Å². The number of ether oxygens (including phenoxy) is 1. The van der Waals surface area contributed by atoms with Crippen molar-refractivity contribution in [2.45, 2.75) is 0 Å². The number of aromatic nitrogens is 1. The van der Waals surface area contributed by atoms with Gasteiger partial charge in [-0.15, -0.1) is 0 Å². The Labute approximate surface area is 101 Å². The van der Waals surface area contributed by atoms with Crippen LogP contribution in [0.5, 0.6) is 5.75 Å². The monoisotopic (exact) mass is 248 g/mol. The molecule has 0 saturated heterocycles. The fourth-order valence-electron chi connectivity index (χ4n) is 1.64. The molecule has 1 N–H and O–H groups in total. The fraction of sp³-hybridized carbons (Fsp3) is 0.0909. The zero-order chi connectivity index (χ0) is 13.3. The Kier molecular flexibility index (Phi) is 2.80. The predicted octanol–water partition coefficient (Wildman–Crippen LogP) is 1.85. The number of rotatable bonds is 3. The molecule has 0 aliphatic rings. The summed E-state index contributed by atoms with van der Waals surface area (Å²) < 4.78 is 4.91. The highest BCUT2D eigenvalue weighted by atomic mass is 16.6. The Morgan fingerprint density at radius 1 is 1.39 bits per heavy atom. The van der Waals surface area contributed by atoms with Crippen molar-refractivity contribution in [3.63, 3.8) is 0 Å². The van der Waals surface area contributed by atoms with Crippen LogP contribution in [0.3, 0.4) is 0 Å². The zero-order valence-electron chi connectivity index (χ0n) is 9.28. The molecule has 1 heterocycles. The number of fused-ring (bicyclic) bond motifs is 1. The summed E-state index contributed by atoms with van der Waals surface area (Å²) in [5.74, 6) is -1.08. The van der Waals surface area contributed by atoms with Gasteiger partial charge in [-0.05, 0) is 24.3 Å². The van der Waals surface area contributed by atoms with E-state index in [-0.39, 0.29) is 28.0 Å². The summed E-state index contributed by atoms with van der Waals surface area (Å²) in [4.78, 5) is 25.0. The van der Waals surface area contributed by atoms with Crippen LogP contribution in [0.2, 0.25) is 0 Å². The highest BCUT2D eigenvalue weighted by molar-refractivity contribution is 5.94. The summed E-state index contributed by atoms with van der Waals surface area (Å²) in [6.45, 7) is 0. The van der Waals surface area contributed by atoms with Gasteiger partial charge in [0.15, 0.2) is 5.75 Å². The summed E-state index contributed by atoms with van der Waals surface area (Å²) in [5.41, 5.74) is -0.149. The number of carboxylic acids is 1. The Bertz CT molecular complexity index is 653. The topological polar surface area (TPSA) is 103 Å². The van der Waals surface area contributed by atoms with Crippen LogP contribution >= 0.6 is 0 Å². The lowest BCUT2D eigenvalue weighted by Crippen LogP contribution is -2.01. The van der Waals surface area contributed by atoms with E-state index in [1.165, 1.54) is 31.4 Å². The summed E-state index contributed by atoms with van der Waals surface area (Å²) in [6, 6.07) is 5.44. The van der Waals surface area contributed by atoms with E-state index < -0.39 is 10.9 Å². The van der Waals surface area contributed by atoms with Gasteiger partial charge in [-0.3, -0.25) is 10.1 Å². The standard InChI is InChI=1S/C11H8N2O5/c1-18-9-5-4-7-6(10(9)13(16)17)2-3-8(12-7)11(14)15/h2-5H,1H3,(H,14,15). The van der Waals surface area contributed by atoms with E-state index >= 15 is 0 Å². The van der Waals surface area contributed by atoms with Crippen molar-refractivity contribution in [2.75, 3.05) is 7.11 Å². The van der Waals surface area contributed by atoms with Crippen LogP contribution in [-0.4, -0.2) is 28.1 Å². The van der Waals surface area contributed by atoms with Crippen LogP contribution in [0, 0.1) is 10.1 Å². The smallest absolute Gasteiger partial charge is 0.354 e. The number of nitro benzene ring substituents is 1. The van der Waals surface area contributed by atoms with Crippen LogP contribution in [0.15, 0.2) is 24.3 Å². The Balaban J connectivity index is 2.78. The van der Waals surface area contributed by atoms with Crippen molar-refractivity contribution in [1.29, 1.82) is 0 Å². The first-order valence-corrected chi connectivity index (χ1v) is 4.90. The summed E-state index contributed by atoms with van der Waals surface area (Å²) in [7, 11) is 1.33. The molecule has 0 bridgehead atoms. The largest absolute Gasteiger partial charge is 0.490 e.